The molecule has 8 heteroatoms. The molecule has 0 aliphatic rings. The summed E-state index contributed by atoms with van der Waals surface area (Å²) in [6.07, 6.45) is 1.53. The van der Waals surface area contributed by atoms with Gasteiger partial charge >= 0.3 is 0 Å². The molecule has 0 bridgehead atoms. The highest BCUT2D eigenvalue weighted by atomic mass is 79.9. The van der Waals surface area contributed by atoms with E-state index in [0.29, 0.717) is 23.3 Å². The van der Waals surface area contributed by atoms with Crippen LogP contribution in [0.5, 0.6) is 0 Å². The number of nitrogens with one attached hydrogen (secondary N) is 2. The molecule has 118 valence electrons. The summed E-state index contributed by atoms with van der Waals surface area (Å²) < 4.78 is 6.60. The number of carbonyl (C=O) groups excluding carboxylic acids is 1. The summed E-state index contributed by atoms with van der Waals surface area (Å²) in [5, 5.41) is 9.78. The first kappa shape index (κ1) is 17.6. The maximum atomic E-state index is 12.1. The number of rotatable bonds is 7. The smallest absolute Gasteiger partial charge is 0.283 e. The van der Waals surface area contributed by atoms with Crippen LogP contribution in [0.3, 0.4) is 0 Å². The zero-order valence-corrected chi connectivity index (χ0v) is 14.2. The molecular weight excluding hydrogens is 340 g/mol. The van der Waals surface area contributed by atoms with E-state index in [9.17, 15) is 9.59 Å². The van der Waals surface area contributed by atoms with E-state index in [4.69, 9.17) is 4.74 Å². The van der Waals surface area contributed by atoms with Gasteiger partial charge in [0.05, 0.1) is 24.5 Å². The van der Waals surface area contributed by atoms with Crippen molar-refractivity contribution in [3.63, 3.8) is 0 Å². The van der Waals surface area contributed by atoms with Crippen LogP contribution in [0.4, 0.5) is 5.69 Å². The van der Waals surface area contributed by atoms with E-state index in [1.807, 2.05) is 13.8 Å². The van der Waals surface area contributed by atoms with Gasteiger partial charge in [-0.1, -0.05) is 0 Å². The molecule has 1 unspecified atom stereocenters. The lowest BCUT2D eigenvalue weighted by Gasteiger charge is -2.17. The van der Waals surface area contributed by atoms with E-state index in [-0.39, 0.29) is 17.5 Å². The van der Waals surface area contributed by atoms with Crippen LogP contribution in [-0.4, -0.2) is 42.0 Å². The Labute approximate surface area is 132 Å². The third kappa shape index (κ3) is 4.82. The molecule has 0 spiro atoms. The molecular formula is C13H21BrN4O3. The Morgan fingerprint density at radius 3 is 2.71 bits per heavy atom. The number of anilines is 1. The Morgan fingerprint density at radius 2 is 2.14 bits per heavy atom. The van der Waals surface area contributed by atoms with Gasteiger partial charge in [-0.2, -0.15) is 5.10 Å². The fourth-order valence-corrected chi connectivity index (χ4v) is 2.04. The van der Waals surface area contributed by atoms with E-state index in [2.05, 4.69) is 31.7 Å². The van der Waals surface area contributed by atoms with Gasteiger partial charge in [-0.25, -0.2) is 4.68 Å². The van der Waals surface area contributed by atoms with Crippen molar-refractivity contribution in [2.45, 2.75) is 32.9 Å². The van der Waals surface area contributed by atoms with Crippen LogP contribution in [0.2, 0.25) is 0 Å². The van der Waals surface area contributed by atoms with Gasteiger partial charge in [-0.15, -0.1) is 0 Å². The summed E-state index contributed by atoms with van der Waals surface area (Å²) >= 11 is 3.25. The van der Waals surface area contributed by atoms with Crippen molar-refractivity contribution < 1.29 is 9.53 Å². The zero-order chi connectivity index (χ0) is 16.0. The molecule has 2 N–H and O–H groups in total. The number of hydrogen-bond donors (Lipinski definition) is 2. The van der Waals surface area contributed by atoms with Gasteiger partial charge in [0.1, 0.15) is 10.5 Å². The van der Waals surface area contributed by atoms with Crippen molar-refractivity contribution in [1.29, 1.82) is 0 Å². The summed E-state index contributed by atoms with van der Waals surface area (Å²) in [5.74, 6) is -0.174. The van der Waals surface area contributed by atoms with Gasteiger partial charge in [-0.3, -0.25) is 9.59 Å². The van der Waals surface area contributed by atoms with E-state index in [0.717, 1.165) is 0 Å². The molecule has 0 aromatic carbocycles. The summed E-state index contributed by atoms with van der Waals surface area (Å²) in [6.45, 7) is 6.35. The molecule has 1 aromatic heterocycles. The average Bonchev–Trinajstić information content (AvgIpc) is 2.43. The molecule has 7 nitrogen and oxygen atoms in total. The van der Waals surface area contributed by atoms with Gasteiger partial charge in [0.2, 0.25) is 5.91 Å². The monoisotopic (exact) mass is 360 g/mol. The molecule has 0 saturated carbocycles. The molecule has 1 amide bonds. The molecule has 0 aliphatic carbocycles. The Morgan fingerprint density at radius 1 is 1.48 bits per heavy atom. The SMILES string of the molecule is COCCNC(=O)C(C)Nc1cnn(C(C)C)c(=O)c1Br. The zero-order valence-electron chi connectivity index (χ0n) is 12.6. The molecule has 21 heavy (non-hydrogen) atoms. The molecule has 0 saturated heterocycles. The predicted octanol–water partition coefficient (Wildman–Crippen LogP) is 1.15. The molecule has 1 heterocycles. The van der Waals surface area contributed by atoms with Crippen LogP contribution in [-0.2, 0) is 9.53 Å². The van der Waals surface area contributed by atoms with Crippen LogP contribution in [0, 0.1) is 0 Å². The largest absolute Gasteiger partial charge is 0.383 e. The third-order valence-electron chi connectivity index (χ3n) is 2.80. The minimum absolute atomic E-state index is 0.0300. The van der Waals surface area contributed by atoms with Crippen LogP contribution in [0.15, 0.2) is 15.5 Å². The van der Waals surface area contributed by atoms with Crippen molar-refractivity contribution >= 4 is 27.5 Å². The number of nitrogens with zero attached hydrogens (tertiary/aromatic N) is 2. The maximum absolute atomic E-state index is 12.1. The van der Waals surface area contributed by atoms with Crippen LogP contribution >= 0.6 is 15.9 Å². The standard InChI is InChI=1S/C13H21BrN4O3/c1-8(2)18-13(20)11(14)10(7-16-18)17-9(3)12(19)15-5-6-21-4/h7-9,17H,5-6H2,1-4H3,(H,15,19). The highest BCUT2D eigenvalue weighted by Gasteiger charge is 2.16. The lowest BCUT2D eigenvalue weighted by atomic mass is 10.3. The summed E-state index contributed by atoms with van der Waals surface area (Å²) in [5.41, 5.74) is 0.258. The summed E-state index contributed by atoms with van der Waals surface area (Å²) in [4.78, 5) is 23.9. The number of aromatic nitrogens is 2. The normalized spacial score (nSPS) is 12.3. The number of ether oxygens (including phenoxy) is 1. The quantitative estimate of drug-likeness (QED) is 0.712. The number of carbonyl (C=O) groups is 1. The number of hydrogen-bond acceptors (Lipinski definition) is 5. The number of methoxy groups -OCH3 is 1. The van der Waals surface area contributed by atoms with Crippen molar-refractivity contribution in [2.24, 2.45) is 0 Å². The van der Waals surface area contributed by atoms with E-state index in [1.54, 1.807) is 14.0 Å². The van der Waals surface area contributed by atoms with Gasteiger partial charge in [0.25, 0.3) is 5.56 Å². The number of amides is 1. The van der Waals surface area contributed by atoms with Crippen LogP contribution < -0.4 is 16.2 Å². The first-order chi connectivity index (χ1) is 9.88. The Balaban J connectivity index is 2.77. The fourth-order valence-electron chi connectivity index (χ4n) is 1.64. The van der Waals surface area contributed by atoms with E-state index >= 15 is 0 Å². The second-order valence-corrected chi connectivity index (χ2v) is 5.66. The van der Waals surface area contributed by atoms with E-state index < -0.39 is 6.04 Å². The van der Waals surface area contributed by atoms with Crippen molar-refractivity contribution in [2.75, 3.05) is 25.6 Å². The Bertz CT molecular complexity index is 545. The van der Waals surface area contributed by atoms with Crippen LogP contribution in [0.25, 0.3) is 0 Å². The first-order valence-corrected chi connectivity index (χ1v) is 7.48. The van der Waals surface area contributed by atoms with Crippen LogP contribution in [0.1, 0.15) is 26.8 Å². The highest BCUT2D eigenvalue weighted by Crippen LogP contribution is 2.18. The van der Waals surface area contributed by atoms with E-state index in [1.165, 1.54) is 10.9 Å². The fraction of sp³-hybridized carbons (Fsp3) is 0.615. The number of halogens is 1. The van der Waals surface area contributed by atoms with Crippen molar-refractivity contribution in [3.05, 3.63) is 21.0 Å². The van der Waals surface area contributed by atoms with Gasteiger partial charge in [0, 0.05) is 13.7 Å². The second-order valence-electron chi connectivity index (χ2n) is 4.87. The van der Waals surface area contributed by atoms with Crippen molar-refractivity contribution in [1.82, 2.24) is 15.1 Å². The minimum Gasteiger partial charge on any atom is -0.383 e. The van der Waals surface area contributed by atoms with Gasteiger partial charge < -0.3 is 15.4 Å². The topological polar surface area (TPSA) is 85.2 Å². The van der Waals surface area contributed by atoms with Gasteiger partial charge in [0.15, 0.2) is 0 Å². The summed E-state index contributed by atoms with van der Waals surface area (Å²) in [6, 6.07) is -0.521. The first-order valence-electron chi connectivity index (χ1n) is 6.69. The summed E-state index contributed by atoms with van der Waals surface area (Å²) in [7, 11) is 1.57. The molecule has 1 atom stereocenters. The molecule has 1 aromatic rings. The lowest BCUT2D eigenvalue weighted by molar-refractivity contribution is -0.121. The second kappa shape index (κ2) is 8.14. The lowest BCUT2D eigenvalue weighted by Crippen LogP contribution is -2.39. The Kier molecular flexibility index (Phi) is 6.83. The third-order valence-corrected chi connectivity index (χ3v) is 3.57. The molecule has 0 aliphatic heterocycles. The van der Waals surface area contributed by atoms with Gasteiger partial charge in [-0.05, 0) is 36.7 Å². The molecule has 0 radical (unpaired) electrons. The van der Waals surface area contributed by atoms with Crippen molar-refractivity contribution in [3.8, 4) is 0 Å². The highest BCUT2D eigenvalue weighted by molar-refractivity contribution is 9.10. The average molecular weight is 361 g/mol. The Hall–Kier alpha value is -1.41. The molecule has 0 fully saturated rings. The maximum Gasteiger partial charge on any atom is 0.283 e. The minimum atomic E-state index is -0.491. The predicted molar refractivity (Wildman–Crippen MR) is 84.6 cm³/mol. The molecule has 1 rings (SSSR count).